The minimum atomic E-state index is -0.355. The van der Waals surface area contributed by atoms with Gasteiger partial charge in [-0.05, 0) is 38.9 Å². The average Bonchev–Trinajstić information content (AvgIpc) is 2.47. The second-order valence-electron chi connectivity index (χ2n) is 11.3. The molecule has 1 N–H and O–H groups in total. The molecule has 1 rings (SSSR count). The van der Waals surface area contributed by atoms with E-state index in [0.717, 1.165) is 6.16 Å². The van der Waals surface area contributed by atoms with Crippen LogP contribution in [0.5, 0.6) is 0 Å². The average molecular weight is 408 g/mol. The second-order valence-corrected chi connectivity index (χ2v) is 18.8. The van der Waals surface area contributed by atoms with Crippen LogP contribution in [0.25, 0.3) is 0 Å². The van der Waals surface area contributed by atoms with Crippen LogP contribution in [-0.2, 0) is 12.3 Å². The maximum absolute atomic E-state index is 8.01. The van der Waals surface area contributed by atoms with E-state index in [2.05, 4.69) is 100 Å². The van der Waals surface area contributed by atoms with Gasteiger partial charge >= 0.3 is 0 Å². The van der Waals surface area contributed by atoms with Crippen LogP contribution in [0.4, 0.5) is 0 Å². The maximum atomic E-state index is 8.01. The quantitative estimate of drug-likeness (QED) is 0.361. The van der Waals surface area contributed by atoms with Crippen LogP contribution >= 0.6 is 15.8 Å². The Balaban J connectivity index is 3.31. The molecule has 0 saturated carbocycles. The molecule has 0 spiro atoms. The van der Waals surface area contributed by atoms with Crippen molar-refractivity contribution < 1.29 is 0 Å². The zero-order valence-corrected chi connectivity index (χ0v) is 21.5. The largest absolute Gasteiger partial charge is 0.312 e. The van der Waals surface area contributed by atoms with Crippen LogP contribution in [0.3, 0.4) is 0 Å². The highest BCUT2D eigenvalue weighted by molar-refractivity contribution is 7.61. The Morgan fingerprint density at radius 2 is 1.00 bits per heavy atom. The van der Waals surface area contributed by atoms with Gasteiger partial charge in [-0.2, -0.15) is 0 Å². The Hall–Kier alpha value is -0.250. The van der Waals surface area contributed by atoms with Crippen LogP contribution < -0.4 is 0 Å². The van der Waals surface area contributed by atoms with Gasteiger partial charge in [0, 0.05) is 11.4 Å². The van der Waals surface area contributed by atoms with E-state index in [0.29, 0.717) is 10.3 Å². The Kier molecular flexibility index (Phi) is 7.92. The molecule has 1 nitrogen and oxygen atoms in total. The molecule has 1 aromatic carbocycles. The van der Waals surface area contributed by atoms with Gasteiger partial charge in [0.05, 0.1) is 0 Å². The molecule has 0 radical (unpaired) electrons. The summed E-state index contributed by atoms with van der Waals surface area (Å²) in [4.78, 5) is 0. The van der Waals surface area contributed by atoms with Crippen LogP contribution in [-0.4, -0.2) is 26.8 Å². The molecule has 0 aromatic heterocycles. The van der Waals surface area contributed by atoms with E-state index in [9.17, 15) is 0 Å². The molecule has 0 aliphatic heterocycles. The van der Waals surface area contributed by atoms with Gasteiger partial charge in [-0.15, -0.1) is 0 Å². The first-order valence-corrected chi connectivity index (χ1v) is 13.2. The third-order valence-electron chi connectivity index (χ3n) is 5.25. The lowest BCUT2D eigenvalue weighted by atomic mass is 10.1. The van der Waals surface area contributed by atoms with Crippen molar-refractivity contribution in [3.05, 3.63) is 35.4 Å². The lowest BCUT2D eigenvalue weighted by Gasteiger charge is -2.43. The van der Waals surface area contributed by atoms with E-state index in [1.165, 1.54) is 17.3 Å². The van der Waals surface area contributed by atoms with Crippen molar-refractivity contribution in [2.24, 2.45) is 0 Å². The predicted molar refractivity (Wildman–Crippen MR) is 130 cm³/mol. The fourth-order valence-electron chi connectivity index (χ4n) is 4.07. The van der Waals surface area contributed by atoms with Crippen LogP contribution in [0.15, 0.2) is 24.3 Å². The van der Waals surface area contributed by atoms with Crippen LogP contribution in [0, 0.1) is 5.41 Å². The summed E-state index contributed by atoms with van der Waals surface area (Å²) in [5.41, 5.74) is 3.04. The zero-order chi connectivity index (χ0) is 21.3. The number of hydrogen-bond acceptors (Lipinski definition) is 1. The molecule has 0 heterocycles. The van der Waals surface area contributed by atoms with E-state index in [1.807, 2.05) is 0 Å². The van der Waals surface area contributed by atoms with Gasteiger partial charge in [0.25, 0.3) is 0 Å². The molecule has 0 bridgehead atoms. The maximum Gasteiger partial charge on any atom is 0.0202 e. The van der Waals surface area contributed by atoms with Crippen molar-refractivity contribution in [1.29, 1.82) is 5.41 Å². The topological polar surface area (TPSA) is 23.9 Å². The Labute approximate surface area is 172 Å². The monoisotopic (exact) mass is 407 g/mol. The first-order valence-electron chi connectivity index (χ1n) is 10.1. The molecular formula is C24H43NP2. The highest BCUT2D eigenvalue weighted by atomic mass is 31.1. The summed E-state index contributed by atoms with van der Waals surface area (Å²) >= 11 is 0. The van der Waals surface area contributed by atoms with Crippen molar-refractivity contribution in [2.45, 2.75) is 109 Å². The molecule has 0 aliphatic rings. The normalized spacial score (nSPS) is 15.1. The summed E-state index contributed by atoms with van der Waals surface area (Å²) in [5, 5.41) is 8.86. The predicted octanol–water partition coefficient (Wildman–Crippen LogP) is 8.47. The lowest BCUT2D eigenvalue weighted by Crippen LogP contribution is -2.30. The van der Waals surface area contributed by atoms with Crippen molar-refractivity contribution in [2.75, 3.05) is 0 Å². The molecular weight excluding hydrogens is 364 g/mol. The summed E-state index contributed by atoms with van der Waals surface area (Å²) < 4.78 is 0. The van der Waals surface area contributed by atoms with Gasteiger partial charge in [-0.1, -0.05) is 116 Å². The van der Waals surface area contributed by atoms with E-state index >= 15 is 0 Å². The fraction of sp³-hybridized carbons (Fsp3) is 0.708. The second kappa shape index (κ2) is 8.63. The number of rotatable bonds is 6. The minimum Gasteiger partial charge on any atom is -0.312 e. The SMILES string of the molecule is CC(C)(C)P(Cc1ccccc1CP(C(C)(C)C)C(C)(C)C=N)C(C)(C)C. The minimum absolute atomic E-state index is 0.0422. The molecule has 3 heteroatoms. The molecule has 0 fully saturated rings. The van der Waals surface area contributed by atoms with Gasteiger partial charge in [0.1, 0.15) is 0 Å². The highest BCUT2D eigenvalue weighted by Crippen LogP contribution is 2.63. The smallest absolute Gasteiger partial charge is 0.0202 e. The molecule has 0 aliphatic carbocycles. The van der Waals surface area contributed by atoms with Crippen molar-refractivity contribution >= 4 is 22.1 Å². The van der Waals surface area contributed by atoms with Crippen molar-refractivity contribution in [3.63, 3.8) is 0 Å². The molecule has 0 saturated heterocycles. The van der Waals surface area contributed by atoms with E-state index < -0.39 is 0 Å². The van der Waals surface area contributed by atoms with E-state index in [1.54, 1.807) is 6.21 Å². The van der Waals surface area contributed by atoms with Crippen molar-refractivity contribution in [1.82, 2.24) is 0 Å². The Bertz CT molecular complexity index is 613. The van der Waals surface area contributed by atoms with Crippen molar-refractivity contribution in [3.8, 4) is 0 Å². The van der Waals surface area contributed by atoms with Gasteiger partial charge in [0.15, 0.2) is 0 Å². The molecule has 1 aromatic rings. The first kappa shape index (κ1) is 24.8. The Morgan fingerprint density at radius 1 is 0.667 bits per heavy atom. The third-order valence-corrected chi connectivity index (χ3v) is 12.9. The summed E-state index contributed by atoms with van der Waals surface area (Å²) in [6, 6.07) is 9.10. The zero-order valence-electron chi connectivity index (χ0n) is 19.7. The lowest BCUT2D eigenvalue weighted by molar-refractivity contribution is 0.702. The Morgan fingerprint density at radius 3 is 1.30 bits per heavy atom. The molecule has 154 valence electrons. The van der Waals surface area contributed by atoms with E-state index in [-0.39, 0.29) is 26.2 Å². The number of hydrogen-bond donors (Lipinski definition) is 1. The van der Waals surface area contributed by atoms with E-state index in [4.69, 9.17) is 5.41 Å². The standard InChI is InChI=1S/C24H43NP2/c1-21(2,3)26(22(4,5)6)16-19-14-12-13-15-20(19)17-27(23(7,8)9)24(10,11)18-25/h12-15,18,25H,16-17H2,1-11H3. The van der Waals surface area contributed by atoms with Crippen LogP contribution in [0.1, 0.15) is 87.3 Å². The molecule has 27 heavy (non-hydrogen) atoms. The molecule has 1 unspecified atom stereocenters. The summed E-state index contributed by atoms with van der Waals surface area (Å²) in [7, 11) is -0.512. The van der Waals surface area contributed by atoms with Crippen LogP contribution in [0.2, 0.25) is 0 Å². The molecule has 1 atom stereocenters. The third kappa shape index (κ3) is 6.94. The highest BCUT2D eigenvalue weighted by Gasteiger charge is 2.38. The fourth-order valence-corrected chi connectivity index (χ4v) is 11.1. The van der Waals surface area contributed by atoms with Gasteiger partial charge in [-0.25, -0.2) is 0 Å². The summed E-state index contributed by atoms with van der Waals surface area (Å²) in [5.74, 6) is 0. The molecule has 0 amide bonds. The first-order chi connectivity index (χ1) is 12.0. The number of benzene rings is 1. The van der Waals surface area contributed by atoms with Gasteiger partial charge in [-0.3, -0.25) is 0 Å². The summed E-state index contributed by atoms with van der Waals surface area (Å²) in [6.07, 6.45) is 3.98. The number of nitrogens with one attached hydrogen (secondary N) is 1. The van der Waals surface area contributed by atoms with Gasteiger partial charge < -0.3 is 5.41 Å². The summed E-state index contributed by atoms with van der Waals surface area (Å²) in [6.45, 7) is 26.0. The van der Waals surface area contributed by atoms with Gasteiger partial charge in [0.2, 0.25) is 0 Å².